The molecule has 1 aliphatic rings. The largest absolute Gasteiger partial charge is 0.361 e. The first-order valence-corrected chi connectivity index (χ1v) is 9.23. The topological polar surface area (TPSA) is 87.6 Å². The number of amides is 1. The number of piperidine rings is 1. The number of carbonyl (C=O) groups is 1. The molecule has 1 fully saturated rings. The van der Waals surface area contributed by atoms with Crippen LogP contribution in [-0.4, -0.2) is 45.5 Å². The van der Waals surface area contributed by atoms with Crippen molar-refractivity contribution < 1.29 is 4.79 Å². The lowest BCUT2D eigenvalue weighted by molar-refractivity contribution is 0.0949. The number of aromatic nitrogens is 4. The number of H-pyrrole nitrogens is 1. The minimum Gasteiger partial charge on any atom is -0.361 e. The average Bonchev–Trinajstić information content (AvgIpc) is 3.30. The SMILES string of the molecule is O=C(NCCc1c[nH]c2ccccc12)c1cn(C[C@@H]2CCCNC2)nn1. The van der Waals surface area contributed by atoms with Crippen molar-refractivity contribution in [1.82, 2.24) is 30.6 Å². The lowest BCUT2D eigenvalue weighted by Crippen LogP contribution is -2.32. The van der Waals surface area contributed by atoms with Crippen molar-refractivity contribution in [3.8, 4) is 0 Å². The van der Waals surface area contributed by atoms with Gasteiger partial charge in [0.05, 0.1) is 6.20 Å². The maximum Gasteiger partial charge on any atom is 0.273 e. The van der Waals surface area contributed by atoms with E-state index in [1.165, 1.54) is 23.8 Å². The second-order valence-corrected chi connectivity index (χ2v) is 6.90. The van der Waals surface area contributed by atoms with Gasteiger partial charge in [0.2, 0.25) is 0 Å². The molecule has 7 nitrogen and oxygen atoms in total. The Morgan fingerprint density at radius 3 is 3.15 bits per heavy atom. The molecule has 0 aliphatic carbocycles. The van der Waals surface area contributed by atoms with E-state index in [9.17, 15) is 4.79 Å². The first-order valence-electron chi connectivity index (χ1n) is 9.23. The molecule has 4 rings (SSSR count). The van der Waals surface area contributed by atoms with E-state index in [0.29, 0.717) is 18.2 Å². The molecule has 26 heavy (non-hydrogen) atoms. The van der Waals surface area contributed by atoms with Gasteiger partial charge in [0.25, 0.3) is 5.91 Å². The molecule has 1 aliphatic heterocycles. The molecular weight excluding hydrogens is 328 g/mol. The van der Waals surface area contributed by atoms with Crippen molar-refractivity contribution in [1.29, 1.82) is 0 Å². The summed E-state index contributed by atoms with van der Waals surface area (Å²) in [6.45, 7) is 3.48. The Morgan fingerprint density at radius 1 is 1.35 bits per heavy atom. The predicted octanol–water partition coefficient (Wildman–Crippen LogP) is 1.73. The summed E-state index contributed by atoms with van der Waals surface area (Å²) in [5.74, 6) is 0.390. The van der Waals surface area contributed by atoms with Crippen molar-refractivity contribution in [3.05, 3.63) is 47.9 Å². The fourth-order valence-corrected chi connectivity index (χ4v) is 3.58. The fraction of sp³-hybridized carbons (Fsp3) is 0.421. The second kappa shape index (κ2) is 7.70. The van der Waals surface area contributed by atoms with Gasteiger partial charge in [0.15, 0.2) is 5.69 Å². The third-order valence-electron chi connectivity index (χ3n) is 4.97. The van der Waals surface area contributed by atoms with E-state index in [1.54, 1.807) is 10.9 Å². The molecule has 1 amide bonds. The van der Waals surface area contributed by atoms with Crippen LogP contribution in [0.15, 0.2) is 36.7 Å². The quantitative estimate of drug-likeness (QED) is 0.630. The van der Waals surface area contributed by atoms with Gasteiger partial charge >= 0.3 is 0 Å². The summed E-state index contributed by atoms with van der Waals surface area (Å²) in [6.07, 6.45) is 6.91. The van der Waals surface area contributed by atoms with E-state index < -0.39 is 0 Å². The Hall–Kier alpha value is -2.67. The number of para-hydroxylation sites is 1. The first-order chi connectivity index (χ1) is 12.8. The van der Waals surface area contributed by atoms with Gasteiger partial charge in [-0.1, -0.05) is 23.4 Å². The molecule has 0 unspecified atom stereocenters. The van der Waals surface area contributed by atoms with Gasteiger partial charge in [-0.05, 0) is 49.9 Å². The Balaban J connectivity index is 1.29. The number of hydrogen-bond acceptors (Lipinski definition) is 4. The van der Waals surface area contributed by atoms with Crippen molar-refractivity contribution in [2.75, 3.05) is 19.6 Å². The average molecular weight is 352 g/mol. The molecule has 0 spiro atoms. The van der Waals surface area contributed by atoms with Gasteiger partial charge in [-0.15, -0.1) is 5.10 Å². The van der Waals surface area contributed by atoms with Gasteiger partial charge in [-0.2, -0.15) is 0 Å². The van der Waals surface area contributed by atoms with Crippen LogP contribution in [-0.2, 0) is 13.0 Å². The number of benzene rings is 1. The number of hydrogen-bond donors (Lipinski definition) is 3. The zero-order valence-electron chi connectivity index (χ0n) is 14.7. The van der Waals surface area contributed by atoms with Gasteiger partial charge in [0.1, 0.15) is 0 Å². The molecular formula is C19H24N6O. The van der Waals surface area contributed by atoms with Gasteiger partial charge in [-0.3, -0.25) is 9.48 Å². The lowest BCUT2D eigenvalue weighted by Gasteiger charge is -2.22. The van der Waals surface area contributed by atoms with E-state index in [4.69, 9.17) is 0 Å². The predicted molar refractivity (Wildman–Crippen MR) is 100.0 cm³/mol. The number of rotatable bonds is 6. The van der Waals surface area contributed by atoms with Crippen LogP contribution in [0.25, 0.3) is 10.9 Å². The maximum atomic E-state index is 12.3. The third kappa shape index (κ3) is 3.77. The van der Waals surface area contributed by atoms with Crippen molar-refractivity contribution >= 4 is 16.8 Å². The molecule has 0 radical (unpaired) electrons. The number of carbonyl (C=O) groups excluding carboxylic acids is 1. The normalized spacial score (nSPS) is 17.5. The first kappa shape index (κ1) is 16.8. The van der Waals surface area contributed by atoms with Gasteiger partial charge < -0.3 is 15.6 Å². The second-order valence-electron chi connectivity index (χ2n) is 6.90. The summed E-state index contributed by atoms with van der Waals surface area (Å²) >= 11 is 0. The van der Waals surface area contributed by atoms with Crippen LogP contribution in [0.1, 0.15) is 28.9 Å². The minimum atomic E-state index is -0.169. The van der Waals surface area contributed by atoms with Crippen LogP contribution in [0.5, 0.6) is 0 Å². The number of fused-ring (bicyclic) bond motifs is 1. The molecule has 2 aromatic heterocycles. The standard InChI is InChI=1S/C19H24N6O/c26-19(18-13-25(24-23-18)12-14-4-3-8-20-10-14)21-9-7-15-11-22-17-6-2-1-5-16(15)17/h1-2,5-6,11,13-14,20,22H,3-4,7-10,12H2,(H,21,26)/t14-/m1/s1. The van der Waals surface area contributed by atoms with Gasteiger partial charge in [-0.25, -0.2) is 0 Å². The van der Waals surface area contributed by atoms with Crippen LogP contribution in [0, 0.1) is 5.92 Å². The van der Waals surface area contributed by atoms with Crippen LogP contribution in [0.3, 0.4) is 0 Å². The van der Waals surface area contributed by atoms with E-state index >= 15 is 0 Å². The zero-order valence-corrected chi connectivity index (χ0v) is 14.7. The number of nitrogens with zero attached hydrogens (tertiary/aromatic N) is 3. The Bertz CT molecular complexity index is 877. The van der Waals surface area contributed by atoms with Crippen LogP contribution in [0.4, 0.5) is 0 Å². The Labute approximate surface area is 152 Å². The number of aromatic amines is 1. The highest BCUT2D eigenvalue weighted by atomic mass is 16.2. The highest BCUT2D eigenvalue weighted by Gasteiger charge is 2.16. The van der Waals surface area contributed by atoms with E-state index in [0.717, 1.165) is 31.6 Å². The fourth-order valence-electron chi connectivity index (χ4n) is 3.58. The van der Waals surface area contributed by atoms with Crippen molar-refractivity contribution in [3.63, 3.8) is 0 Å². The minimum absolute atomic E-state index is 0.169. The highest BCUT2D eigenvalue weighted by molar-refractivity contribution is 5.91. The molecule has 136 valence electrons. The molecule has 1 saturated heterocycles. The smallest absolute Gasteiger partial charge is 0.273 e. The molecule has 0 bridgehead atoms. The van der Waals surface area contributed by atoms with Crippen molar-refractivity contribution in [2.24, 2.45) is 5.92 Å². The molecule has 1 atom stereocenters. The van der Waals surface area contributed by atoms with E-state index in [2.05, 4.69) is 38.1 Å². The third-order valence-corrected chi connectivity index (χ3v) is 4.97. The van der Waals surface area contributed by atoms with Gasteiger partial charge in [0, 0.05) is 30.2 Å². The summed E-state index contributed by atoms with van der Waals surface area (Å²) in [6, 6.07) is 8.18. The summed E-state index contributed by atoms with van der Waals surface area (Å²) in [4.78, 5) is 15.6. The molecule has 3 heterocycles. The zero-order chi connectivity index (χ0) is 17.8. The summed E-state index contributed by atoms with van der Waals surface area (Å²) in [5.41, 5.74) is 2.70. The summed E-state index contributed by atoms with van der Waals surface area (Å²) in [5, 5.41) is 15.7. The van der Waals surface area contributed by atoms with Crippen molar-refractivity contribution in [2.45, 2.75) is 25.8 Å². The molecule has 3 N–H and O–H groups in total. The van der Waals surface area contributed by atoms with E-state index in [1.807, 2.05) is 18.3 Å². The summed E-state index contributed by atoms with van der Waals surface area (Å²) in [7, 11) is 0. The molecule has 3 aromatic rings. The monoisotopic (exact) mass is 352 g/mol. The van der Waals surface area contributed by atoms with Crippen LogP contribution >= 0.6 is 0 Å². The summed E-state index contributed by atoms with van der Waals surface area (Å²) < 4.78 is 1.78. The van der Waals surface area contributed by atoms with E-state index in [-0.39, 0.29) is 5.91 Å². The number of nitrogens with one attached hydrogen (secondary N) is 3. The van der Waals surface area contributed by atoms with Crippen LogP contribution in [0.2, 0.25) is 0 Å². The highest BCUT2D eigenvalue weighted by Crippen LogP contribution is 2.17. The lowest BCUT2D eigenvalue weighted by atomic mass is 10.00. The Kier molecular flexibility index (Phi) is 4.97. The molecule has 7 heteroatoms. The van der Waals surface area contributed by atoms with Crippen LogP contribution < -0.4 is 10.6 Å². The Morgan fingerprint density at radius 2 is 2.27 bits per heavy atom. The maximum absolute atomic E-state index is 12.3. The molecule has 1 aromatic carbocycles. The molecule has 0 saturated carbocycles.